The summed E-state index contributed by atoms with van der Waals surface area (Å²) in [5, 5.41) is 10.7. The molecule has 40 heavy (non-hydrogen) atoms. The maximum Gasteiger partial charge on any atom is 0.416 e. The van der Waals surface area contributed by atoms with Crippen molar-refractivity contribution in [3.8, 4) is 11.4 Å². The van der Waals surface area contributed by atoms with Crippen molar-refractivity contribution >= 4 is 39.2 Å². The van der Waals surface area contributed by atoms with Gasteiger partial charge in [-0.3, -0.25) is 14.8 Å². The van der Waals surface area contributed by atoms with Gasteiger partial charge in [0.05, 0.1) is 28.3 Å². The quantitative estimate of drug-likeness (QED) is 0.265. The molecule has 0 spiro atoms. The van der Waals surface area contributed by atoms with Crippen molar-refractivity contribution in [3.05, 3.63) is 71.9 Å². The number of nitrogens with zero attached hydrogens (tertiary/aromatic N) is 4. The Hall–Kier alpha value is -4.38. The third-order valence-corrected chi connectivity index (χ3v) is 7.71. The average Bonchev–Trinajstić information content (AvgIpc) is 3.54. The zero-order chi connectivity index (χ0) is 27.4. The van der Waals surface area contributed by atoms with E-state index < -0.39 is 17.6 Å². The van der Waals surface area contributed by atoms with Gasteiger partial charge in [0, 0.05) is 60.1 Å². The van der Waals surface area contributed by atoms with Gasteiger partial charge in [0.15, 0.2) is 0 Å². The van der Waals surface area contributed by atoms with Crippen LogP contribution in [-0.2, 0) is 6.18 Å². The Labute approximate surface area is 227 Å². The van der Waals surface area contributed by atoms with E-state index >= 15 is 0 Å². The lowest BCUT2D eigenvalue weighted by atomic mass is 10.1. The van der Waals surface area contributed by atoms with E-state index in [1.165, 1.54) is 12.8 Å². The summed E-state index contributed by atoms with van der Waals surface area (Å²) in [7, 11) is 0. The number of halogens is 3. The van der Waals surface area contributed by atoms with Gasteiger partial charge in [-0.1, -0.05) is 12.1 Å². The number of anilines is 2. The molecular formula is C29H26F3N7O. The molecule has 3 heterocycles. The predicted octanol–water partition coefficient (Wildman–Crippen LogP) is 5.66. The summed E-state index contributed by atoms with van der Waals surface area (Å²) < 4.78 is 41.4. The van der Waals surface area contributed by atoms with Crippen LogP contribution in [0.15, 0.2) is 60.8 Å². The molecule has 2 aliphatic rings. The molecule has 1 saturated heterocycles. The van der Waals surface area contributed by atoms with Crippen LogP contribution in [0.4, 0.5) is 24.5 Å². The van der Waals surface area contributed by atoms with Crippen molar-refractivity contribution in [1.82, 2.24) is 25.1 Å². The molecule has 2 fully saturated rings. The number of aromatic amines is 2. The molecule has 0 bridgehead atoms. The van der Waals surface area contributed by atoms with E-state index in [1.54, 1.807) is 30.5 Å². The minimum Gasteiger partial charge on any atom is -0.369 e. The number of alkyl halides is 3. The van der Waals surface area contributed by atoms with E-state index in [9.17, 15) is 18.0 Å². The van der Waals surface area contributed by atoms with Gasteiger partial charge in [0.2, 0.25) is 0 Å². The van der Waals surface area contributed by atoms with Crippen LogP contribution >= 0.6 is 0 Å². The number of imidazole rings is 1. The van der Waals surface area contributed by atoms with E-state index in [4.69, 9.17) is 0 Å². The van der Waals surface area contributed by atoms with Crippen molar-refractivity contribution in [2.45, 2.75) is 25.1 Å². The maximum atomic E-state index is 13.8. The number of amides is 1. The molecule has 1 aliphatic heterocycles. The van der Waals surface area contributed by atoms with Gasteiger partial charge in [-0.25, -0.2) is 4.98 Å². The molecule has 0 atom stereocenters. The van der Waals surface area contributed by atoms with Crippen LogP contribution in [0.25, 0.3) is 33.3 Å². The molecule has 8 nitrogen and oxygen atoms in total. The molecule has 5 aromatic rings. The fourth-order valence-electron chi connectivity index (χ4n) is 5.39. The second kappa shape index (κ2) is 9.37. The monoisotopic (exact) mass is 545 g/mol. The first-order chi connectivity index (χ1) is 19.3. The van der Waals surface area contributed by atoms with Gasteiger partial charge in [0.1, 0.15) is 5.82 Å². The first-order valence-corrected chi connectivity index (χ1v) is 13.3. The van der Waals surface area contributed by atoms with Crippen LogP contribution < -0.4 is 10.2 Å². The Morgan fingerprint density at radius 2 is 1.77 bits per heavy atom. The van der Waals surface area contributed by atoms with Crippen LogP contribution in [0.1, 0.15) is 28.8 Å². The second-order valence-electron chi connectivity index (χ2n) is 10.5. The largest absolute Gasteiger partial charge is 0.416 e. The van der Waals surface area contributed by atoms with Gasteiger partial charge in [-0.05, 0) is 55.3 Å². The number of fused-ring (bicyclic) bond motifs is 2. The van der Waals surface area contributed by atoms with Crippen LogP contribution in [0.3, 0.4) is 0 Å². The minimum atomic E-state index is -4.56. The van der Waals surface area contributed by atoms with Crippen molar-refractivity contribution in [1.29, 1.82) is 0 Å². The average molecular weight is 546 g/mol. The van der Waals surface area contributed by atoms with E-state index in [0.29, 0.717) is 47.4 Å². The Bertz CT molecular complexity index is 1730. The Morgan fingerprint density at radius 3 is 2.55 bits per heavy atom. The van der Waals surface area contributed by atoms with Gasteiger partial charge >= 0.3 is 6.18 Å². The zero-order valence-corrected chi connectivity index (χ0v) is 21.4. The molecule has 0 radical (unpaired) electrons. The third-order valence-electron chi connectivity index (χ3n) is 7.71. The summed E-state index contributed by atoms with van der Waals surface area (Å²) in [5.74, 6) is 0.0482. The predicted molar refractivity (Wildman–Crippen MR) is 147 cm³/mol. The summed E-state index contributed by atoms with van der Waals surface area (Å²) in [5.41, 5.74) is 3.15. The first kappa shape index (κ1) is 24.6. The van der Waals surface area contributed by atoms with Gasteiger partial charge < -0.3 is 15.2 Å². The van der Waals surface area contributed by atoms with Gasteiger partial charge in [-0.2, -0.15) is 18.3 Å². The van der Waals surface area contributed by atoms with Crippen LogP contribution in [0, 0.1) is 0 Å². The van der Waals surface area contributed by atoms with E-state index in [1.807, 2.05) is 23.1 Å². The molecule has 0 unspecified atom stereocenters. The molecule has 204 valence electrons. The molecule has 2 aromatic heterocycles. The Morgan fingerprint density at radius 1 is 0.950 bits per heavy atom. The van der Waals surface area contributed by atoms with Crippen molar-refractivity contribution in [3.63, 3.8) is 0 Å². The lowest BCUT2D eigenvalue weighted by Gasteiger charge is -2.36. The van der Waals surface area contributed by atoms with Crippen molar-refractivity contribution in [2.24, 2.45) is 0 Å². The number of H-pyrrole nitrogens is 2. The summed E-state index contributed by atoms with van der Waals surface area (Å²) in [6.07, 6.45) is -0.429. The zero-order valence-electron chi connectivity index (χ0n) is 21.4. The normalized spacial score (nSPS) is 16.6. The number of benzene rings is 3. The van der Waals surface area contributed by atoms with Crippen LogP contribution in [-0.4, -0.2) is 63.2 Å². The number of piperazine rings is 1. The van der Waals surface area contributed by atoms with Gasteiger partial charge in [-0.15, -0.1) is 0 Å². The van der Waals surface area contributed by atoms with Crippen LogP contribution in [0.5, 0.6) is 0 Å². The van der Waals surface area contributed by atoms with E-state index in [2.05, 4.69) is 30.4 Å². The number of carbonyl (C=O) groups is 1. The molecule has 7 rings (SSSR count). The van der Waals surface area contributed by atoms with Gasteiger partial charge in [0.25, 0.3) is 5.91 Å². The number of hydrogen-bond acceptors (Lipinski definition) is 5. The summed E-state index contributed by atoms with van der Waals surface area (Å²) in [6.45, 7) is 2.88. The number of hydrogen-bond donors (Lipinski definition) is 3. The summed E-state index contributed by atoms with van der Waals surface area (Å²) in [4.78, 5) is 25.4. The topological polar surface area (TPSA) is 92.9 Å². The molecular weight excluding hydrogens is 519 g/mol. The maximum absolute atomic E-state index is 13.8. The molecule has 1 aliphatic carbocycles. The van der Waals surface area contributed by atoms with Crippen molar-refractivity contribution in [2.75, 3.05) is 36.4 Å². The highest BCUT2D eigenvalue weighted by Crippen LogP contribution is 2.35. The fourth-order valence-corrected chi connectivity index (χ4v) is 5.39. The fraction of sp³-hybridized carbons (Fsp3) is 0.276. The third kappa shape index (κ3) is 4.77. The lowest BCUT2D eigenvalue weighted by Crippen LogP contribution is -2.47. The molecule has 1 amide bonds. The minimum absolute atomic E-state index is 0.0345. The number of aromatic nitrogens is 4. The number of carbonyl (C=O) groups excluding carboxylic acids is 1. The first-order valence-electron chi connectivity index (χ1n) is 13.3. The number of rotatable bonds is 5. The summed E-state index contributed by atoms with van der Waals surface area (Å²) in [6, 6.07) is 15.2. The molecule has 11 heteroatoms. The molecule has 1 saturated carbocycles. The Balaban J connectivity index is 1.13. The SMILES string of the molecule is O=C(Nc1ccc2nc(-c3ccc4cn[nH]c4c3)[nH]c2c1)c1cc(N2CCN(C3CC3)CC2)cc(C(F)(F)F)c1. The molecule has 3 N–H and O–H groups in total. The highest BCUT2D eigenvalue weighted by Gasteiger charge is 2.34. The number of nitrogens with one attached hydrogen (secondary N) is 3. The summed E-state index contributed by atoms with van der Waals surface area (Å²) >= 11 is 0. The Kier molecular flexibility index (Phi) is 5.77. The highest BCUT2D eigenvalue weighted by molar-refractivity contribution is 6.05. The second-order valence-corrected chi connectivity index (χ2v) is 10.5. The van der Waals surface area contributed by atoms with E-state index in [-0.39, 0.29) is 5.56 Å². The molecule has 3 aromatic carbocycles. The standard InChI is InChI=1S/C29H26F3N7O/c30-29(31,32)20-11-19(12-23(14-20)39-9-7-38(8-10-39)22-4-5-22)28(40)34-21-3-6-24-26(15-21)36-27(35-24)17-1-2-18-16-33-37-25(18)13-17/h1-3,6,11-16,22H,4-5,7-10H2,(H,33,37)(H,34,40)(H,35,36). The van der Waals surface area contributed by atoms with E-state index in [0.717, 1.165) is 41.7 Å². The highest BCUT2D eigenvalue weighted by atomic mass is 19.4. The van der Waals surface area contributed by atoms with Crippen molar-refractivity contribution < 1.29 is 18.0 Å². The van der Waals surface area contributed by atoms with Crippen LogP contribution in [0.2, 0.25) is 0 Å². The lowest BCUT2D eigenvalue weighted by molar-refractivity contribution is -0.137. The smallest absolute Gasteiger partial charge is 0.369 e.